The Balaban J connectivity index is 1.55. The Morgan fingerprint density at radius 1 is 0.938 bits per heavy atom. The van der Waals surface area contributed by atoms with Crippen LogP contribution in [0.15, 0.2) is 77.3 Å². The van der Waals surface area contributed by atoms with E-state index < -0.39 is 12.4 Å². The van der Waals surface area contributed by atoms with Crippen LogP contribution in [0.5, 0.6) is 5.75 Å². The number of ether oxygens (including phenoxy) is 1. The van der Waals surface area contributed by atoms with Crippen LogP contribution in [0.4, 0.5) is 24.5 Å². The summed E-state index contributed by atoms with van der Waals surface area (Å²) in [6.45, 7) is 0. The Morgan fingerprint density at radius 2 is 1.69 bits per heavy atom. The number of fused-ring (bicyclic) bond motifs is 1. The summed E-state index contributed by atoms with van der Waals surface area (Å²) in [4.78, 5) is 14.5. The second-order valence-corrected chi connectivity index (χ2v) is 8.78. The number of halogens is 3. The molecule has 2 aliphatic rings. The molecule has 0 saturated heterocycles. The minimum atomic E-state index is -4.75. The van der Waals surface area contributed by atoms with E-state index in [1.54, 1.807) is 23.5 Å². The molecule has 2 atom stereocenters. The summed E-state index contributed by atoms with van der Waals surface area (Å²) >= 11 is 1.64. The van der Waals surface area contributed by atoms with Gasteiger partial charge in [-0.05, 0) is 47.7 Å². The normalized spacial score (nSPS) is 20.5. The van der Waals surface area contributed by atoms with Crippen LogP contribution in [0, 0.1) is 0 Å². The molecular formula is C24H19F3N2O2S. The predicted molar refractivity (Wildman–Crippen MR) is 118 cm³/mol. The Labute approximate surface area is 186 Å². The number of para-hydroxylation sites is 2. The maximum absolute atomic E-state index is 13.4. The Morgan fingerprint density at radius 3 is 2.38 bits per heavy atom. The molecule has 0 amide bonds. The van der Waals surface area contributed by atoms with Gasteiger partial charge in [0.15, 0.2) is 5.78 Å². The van der Waals surface area contributed by atoms with Gasteiger partial charge in [-0.25, -0.2) is 0 Å². The zero-order chi connectivity index (χ0) is 22.3. The van der Waals surface area contributed by atoms with E-state index in [-0.39, 0.29) is 17.5 Å². The number of hydrogen-bond donors (Lipinski definition) is 2. The number of Topliss-reactive ketones (excluding diaryl/α,β-unsaturated/α-hetero) is 1. The molecule has 3 aromatic rings. The third-order valence-corrected chi connectivity index (χ3v) is 6.74. The number of thiophene rings is 1. The number of carbonyl (C=O) groups is 1. The molecule has 0 saturated carbocycles. The SMILES string of the molecule is O=C1CC(c2cccs2)CC2=C1C(c1ccc(OC(F)(F)F)cc1)Nc1ccccc1N2. The Hall–Kier alpha value is -3.26. The number of hydrogen-bond acceptors (Lipinski definition) is 5. The number of allylic oxidation sites excluding steroid dienone is 1. The van der Waals surface area contributed by atoms with Crippen molar-refractivity contribution in [1.29, 1.82) is 0 Å². The topological polar surface area (TPSA) is 50.4 Å². The zero-order valence-electron chi connectivity index (χ0n) is 16.8. The maximum atomic E-state index is 13.4. The molecule has 2 heterocycles. The van der Waals surface area contributed by atoms with Gasteiger partial charge in [-0.1, -0.05) is 30.3 Å². The van der Waals surface area contributed by atoms with Crippen molar-refractivity contribution in [2.24, 2.45) is 0 Å². The van der Waals surface area contributed by atoms with Crippen molar-refractivity contribution in [2.45, 2.75) is 31.2 Å². The van der Waals surface area contributed by atoms with Crippen molar-refractivity contribution in [3.8, 4) is 5.75 Å². The summed E-state index contributed by atoms with van der Waals surface area (Å²) in [6.07, 6.45) is -3.68. The minimum Gasteiger partial charge on any atom is -0.406 e. The molecule has 32 heavy (non-hydrogen) atoms. The fourth-order valence-corrected chi connectivity index (χ4v) is 5.16. The molecule has 1 aliphatic carbocycles. The monoisotopic (exact) mass is 456 g/mol. The van der Waals surface area contributed by atoms with Crippen molar-refractivity contribution < 1.29 is 22.7 Å². The molecule has 164 valence electrons. The van der Waals surface area contributed by atoms with Crippen molar-refractivity contribution >= 4 is 28.5 Å². The summed E-state index contributed by atoms with van der Waals surface area (Å²) in [7, 11) is 0. The summed E-state index contributed by atoms with van der Waals surface area (Å²) in [5.41, 5.74) is 3.84. The van der Waals surface area contributed by atoms with Crippen LogP contribution in [0.25, 0.3) is 0 Å². The number of ketones is 1. The minimum absolute atomic E-state index is 0.0260. The van der Waals surface area contributed by atoms with E-state index in [1.807, 2.05) is 41.8 Å². The van der Waals surface area contributed by atoms with Gasteiger partial charge in [-0.2, -0.15) is 0 Å². The van der Waals surface area contributed by atoms with Gasteiger partial charge in [0.2, 0.25) is 0 Å². The number of benzene rings is 2. The van der Waals surface area contributed by atoms with E-state index in [4.69, 9.17) is 0 Å². The van der Waals surface area contributed by atoms with Crippen LogP contribution in [0.1, 0.15) is 35.2 Å². The summed E-state index contributed by atoms with van der Waals surface area (Å²) in [5.74, 6) is -0.171. The molecule has 1 aromatic heterocycles. The lowest BCUT2D eigenvalue weighted by Crippen LogP contribution is -2.26. The molecule has 0 bridgehead atoms. The molecule has 0 spiro atoms. The lowest BCUT2D eigenvalue weighted by atomic mass is 9.81. The molecular weight excluding hydrogens is 437 g/mol. The Kier molecular flexibility index (Phi) is 5.17. The first-order valence-electron chi connectivity index (χ1n) is 10.2. The van der Waals surface area contributed by atoms with Crippen molar-refractivity contribution in [3.05, 3.63) is 87.8 Å². The van der Waals surface area contributed by atoms with E-state index in [9.17, 15) is 18.0 Å². The fraction of sp³-hybridized carbons (Fsp3) is 0.208. The molecule has 4 nitrogen and oxygen atoms in total. The number of rotatable bonds is 3. The summed E-state index contributed by atoms with van der Waals surface area (Å²) in [6, 6.07) is 16.9. The third-order valence-electron chi connectivity index (χ3n) is 5.70. The standard InChI is InChI=1S/C24H19F3N2O2S/c25-24(26,27)31-16-9-7-14(8-10-16)23-22-19(28-17-4-1-2-5-18(17)29-23)12-15(13-20(22)30)21-6-3-11-32-21/h1-11,15,23,28-29H,12-13H2. The predicted octanol–water partition coefficient (Wildman–Crippen LogP) is 6.63. The highest BCUT2D eigenvalue weighted by atomic mass is 32.1. The van der Waals surface area contributed by atoms with Gasteiger partial charge in [0.1, 0.15) is 5.75 Å². The van der Waals surface area contributed by atoms with E-state index >= 15 is 0 Å². The van der Waals surface area contributed by atoms with Gasteiger partial charge in [-0.3, -0.25) is 4.79 Å². The number of alkyl halides is 3. The highest BCUT2D eigenvalue weighted by molar-refractivity contribution is 7.10. The van der Waals surface area contributed by atoms with Gasteiger partial charge >= 0.3 is 6.36 Å². The first kappa shape index (κ1) is 20.6. The zero-order valence-corrected chi connectivity index (χ0v) is 17.6. The lowest BCUT2D eigenvalue weighted by molar-refractivity contribution is -0.274. The van der Waals surface area contributed by atoms with Gasteiger partial charge in [0, 0.05) is 28.5 Å². The Bertz CT molecular complexity index is 1170. The van der Waals surface area contributed by atoms with E-state index in [0.717, 1.165) is 17.1 Å². The molecule has 2 aromatic carbocycles. The maximum Gasteiger partial charge on any atom is 0.573 e. The third kappa shape index (κ3) is 4.10. The van der Waals surface area contributed by atoms with Crippen molar-refractivity contribution in [3.63, 3.8) is 0 Å². The largest absolute Gasteiger partial charge is 0.573 e. The van der Waals surface area contributed by atoms with Crippen LogP contribution in [-0.2, 0) is 4.79 Å². The summed E-state index contributed by atoms with van der Waals surface area (Å²) < 4.78 is 41.6. The molecule has 0 radical (unpaired) electrons. The van der Waals surface area contributed by atoms with Crippen molar-refractivity contribution in [1.82, 2.24) is 0 Å². The van der Waals surface area contributed by atoms with Gasteiger partial charge in [-0.15, -0.1) is 24.5 Å². The number of carbonyl (C=O) groups excluding carboxylic acids is 1. The van der Waals surface area contributed by atoms with Gasteiger partial charge in [0.25, 0.3) is 0 Å². The molecule has 2 N–H and O–H groups in total. The van der Waals surface area contributed by atoms with E-state index in [2.05, 4.69) is 15.4 Å². The van der Waals surface area contributed by atoms with E-state index in [0.29, 0.717) is 24.0 Å². The van der Waals surface area contributed by atoms with Crippen LogP contribution >= 0.6 is 11.3 Å². The smallest absolute Gasteiger partial charge is 0.406 e. The molecule has 0 fully saturated rings. The van der Waals surface area contributed by atoms with Crippen LogP contribution in [-0.4, -0.2) is 12.1 Å². The lowest BCUT2D eigenvalue weighted by Gasteiger charge is -2.29. The van der Waals surface area contributed by atoms with Gasteiger partial charge in [0.05, 0.1) is 17.4 Å². The highest BCUT2D eigenvalue weighted by Gasteiger charge is 2.36. The molecule has 5 rings (SSSR count). The van der Waals surface area contributed by atoms with Crippen molar-refractivity contribution in [2.75, 3.05) is 10.6 Å². The molecule has 8 heteroatoms. The van der Waals surface area contributed by atoms with Crippen LogP contribution < -0.4 is 15.4 Å². The highest BCUT2D eigenvalue weighted by Crippen LogP contribution is 2.45. The average molecular weight is 456 g/mol. The number of anilines is 2. The molecule has 2 unspecified atom stereocenters. The average Bonchev–Trinajstić information content (AvgIpc) is 3.22. The van der Waals surface area contributed by atoms with Gasteiger partial charge < -0.3 is 15.4 Å². The molecule has 1 aliphatic heterocycles. The first-order valence-corrected chi connectivity index (χ1v) is 11.0. The van der Waals surface area contributed by atoms with Crippen LogP contribution in [0.2, 0.25) is 0 Å². The number of nitrogens with one attached hydrogen (secondary N) is 2. The van der Waals surface area contributed by atoms with Crippen LogP contribution in [0.3, 0.4) is 0 Å². The second kappa shape index (κ2) is 8.02. The quantitative estimate of drug-likeness (QED) is 0.465. The summed E-state index contributed by atoms with van der Waals surface area (Å²) in [5, 5.41) is 8.88. The second-order valence-electron chi connectivity index (χ2n) is 7.80. The first-order chi connectivity index (χ1) is 15.4. The van der Waals surface area contributed by atoms with E-state index in [1.165, 1.54) is 17.0 Å². The fourth-order valence-electron chi connectivity index (χ4n) is 4.33.